The Bertz CT molecular complexity index is 438. The van der Waals surface area contributed by atoms with E-state index in [0.717, 1.165) is 0 Å². The maximum absolute atomic E-state index is 11.0. The molecule has 0 bridgehead atoms. The van der Waals surface area contributed by atoms with Gasteiger partial charge in [-0.05, 0) is 18.1 Å². The molecule has 15 heavy (non-hydrogen) atoms. The summed E-state index contributed by atoms with van der Waals surface area (Å²) in [5.74, 6) is 0.0778. The predicted octanol–water partition coefficient (Wildman–Crippen LogP) is 0.477. The molecule has 0 saturated heterocycles. The van der Waals surface area contributed by atoms with E-state index in [4.69, 9.17) is 14.4 Å². The van der Waals surface area contributed by atoms with E-state index >= 15 is 0 Å². The van der Waals surface area contributed by atoms with Crippen LogP contribution in [0.15, 0.2) is 23.1 Å². The van der Waals surface area contributed by atoms with Gasteiger partial charge in [0.2, 0.25) is 0 Å². The van der Waals surface area contributed by atoms with E-state index in [1.54, 1.807) is 6.07 Å². The van der Waals surface area contributed by atoms with Crippen LogP contribution in [-0.4, -0.2) is 31.8 Å². The molecule has 0 radical (unpaired) electrons. The molecular weight excluding hydrogens is 220 g/mol. The fraction of sp³-hybridized carbons (Fsp3) is 0.333. The zero-order valence-electron chi connectivity index (χ0n) is 8.17. The quantitative estimate of drug-likeness (QED) is 0.737. The Labute approximate surface area is 88.1 Å². The minimum Gasteiger partial charge on any atom is -0.495 e. The third-order valence-electron chi connectivity index (χ3n) is 1.92. The first-order valence-electron chi connectivity index (χ1n) is 4.25. The molecule has 0 unspecified atom stereocenters. The molecule has 0 aliphatic carbocycles. The summed E-state index contributed by atoms with van der Waals surface area (Å²) in [4.78, 5) is -0.282. The summed E-state index contributed by atoms with van der Waals surface area (Å²) in [6, 6.07) is 4.36. The number of para-hydroxylation sites is 1. The van der Waals surface area contributed by atoms with Crippen molar-refractivity contribution in [1.82, 2.24) is 0 Å². The van der Waals surface area contributed by atoms with Gasteiger partial charge in [0.15, 0.2) is 0 Å². The molecule has 0 heterocycles. The lowest BCUT2D eigenvalue weighted by atomic mass is 10.1. The van der Waals surface area contributed by atoms with Crippen LogP contribution in [0.5, 0.6) is 5.75 Å². The summed E-state index contributed by atoms with van der Waals surface area (Å²) in [5, 5.41) is 8.77. The molecule has 0 aliphatic rings. The Balaban J connectivity index is 3.35. The average molecular weight is 232 g/mol. The average Bonchev–Trinajstić information content (AvgIpc) is 2.16. The molecule has 1 aromatic carbocycles. The molecule has 0 aliphatic heterocycles. The molecular formula is C9H12O5S. The lowest BCUT2D eigenvalue weighted by molar-refractivity contribution is 0.296. The van der Waals surface area contributed by atoms with Gasteiger partial charge < -0.3 is 9.84 Å². The second-order valence-electron chi connectivity index (χ2n) is 2.90. The molecule has 0 atom stereocenters. The van der Waals surface area contributed by atoms with Crippen molar-refractivity contribution in [2.75, 3.05) is 13.7 Å². The van der Waals surface area contributed by atoms with E-state index in [2.05, 4.69) is 0 Å². The first-order valence-corrected chi connectivity index (χ1v) is 5.69. The number of aliphatic hydroxyl groups excluding tert-OH is 1. The number of ether oxygens (including phenoxy) is 1. The Morgan fingerprint density at radius 2 is 2.07 bits per heavy atom. The van der Waals surface area contributed by atoms with Gasteiger partial charge in [-0.3, -0.25) is 4.55 Å². The van der Waals surface area contributed by atoms with Gasteiger partial charge in [0, 0.05) is 6.61 Å². The summed E-state index contributed by atoms with van der Waals surface area (Å²) in [6.45, 7) is -0.120. The van der Waals surface area contributed by atoms with Gasteiger partial charge in [-0.15, -0.1) is 0 Å². The van der Waals surface area contributed by atoms with Crippen LogP contribution in [0, 0.1) is 0 Å². The van der Waals surface area contributed by atoms with E-state index in [-0.39, 0.29) is 23.7 Å². The van der Waals surface area contributed by atoms with Crippen molar-refractivity contribution in [2.24, 2.45) is 0 Å². The Morgan fingerprint density at radius 3 is 2.53 bits per heavy atom. The fourth-order valence-electron chi connectivity index (χ4n) is 1.31. The molecule has 0 spiro atoms. The number of methoxy groups -OCH3 is 1. The number of rotatable bonds is 4. The number of hydrogen-bond donors (Lipinski definition) is 2. The van der Waals surface area contributed by atoms with Crippen LogP contribution >= 0.6 is 0 Å². The van der Waals surface area contributed by atoms with E-state index in [1.807, 2.05) is 0 Å². The monoisotopic (exact) mass is 232 g/mol. The predicted molar refractivity (Wildman–Crippen MR) is 53.6 cm³/mol. The minimum absolute atomic E-state index is 0.0778. The third-order valence-corrected chi connectivity index (χ3v) is 2.80. The van der Waals surface area contributed by atoms with Gasteiger partial charge in [0.05, 0.1) is 7.11 Å². The second-order valence-corrected chi connectivity index (χ2v) is 4.29. The summed E-state index contributed by atoms with van der Waals surface area (Å²) < 4.78 is 35.8. The highest BCUT2D eigenvalue weighted by atomic mass is 32.2. The first-order chi connectivity index (χ1) is 7.00. The SMILES string of the molecule is COc1c(CCO)cccc1S(=O)(=O)O. The Kier molecular flexibility index (Phi) is 3.67. The lowest BCUT2D eigenvalue weighted by Gasteiger charge is -2.10. The van der Waals surface area contributed by atoms with E-state index < -0.39 is 10.1 Å². The van der Waals surface area contributed by atoms with Crippen LogP contribution in [0.3, 0.4) is 0 Å². The summed E-state index contributed by atoms with van der Waals surface area (Å²) in [5.41, 5.74) is 0.537. The van der Waals surface area contributed by atoms with Crippen LogP contribution in [0.1, 0.15) is 5.56 Å². The van der Waals surface area contributed by atoms with Gasteiger partial charge in [0.1, 0.15) is 10.6 Å². The van der Waals surface area contributed by atoms with Crippen LogP contribution in [-0.2, 0) is 16.5 Å². The van der Waals surface area contributed by atoms with Gasteiger partial charge >= 0.3 is 0 Å². The zero-order chi connectivity index (χ0) is 11.5. The van der Waals surface area contributed by atoms with Crippen LogP contribution < -0.4 is 4.74 Å². The Morgan fingerprint density at radius 1 is 1.40 bits per heavy atom. The van der Waals surface area contributed by atoms with Crippen molar-refractivity contribution in [2.45, 2.75) is 11.3 Å². The third kappa shape index (κ3) is 2.68. The largest absolute Gasteiger partial charge is 0.495 e. The fourth-order valence-corrected chi connectivity index (χ4v) is 2.01. The summed E-state index contributed by atoms with van der Waals surface area (Å²) in [6.07, 6.45) is 0.270. The van der Waals surface area contributed by atoms with E-state index in [0.29, 0.717) is 5.56 Å². The second kappa shape index (κ2) is 4.61. The maximum atomic E-state index is 11.0. The molecule has 0 aromatic heterocycles. The highest BCUT2D eigenvalue weighted by molar-refractivity contribution is 7.86. The van der Waals surface area contributed by atoms with Crippen molar-refractivity contribution < 1.29 is 22.8 Å². The molecule has 2 N–H and O–H groups in total. The normalized spacial score (nSPS) is 11.4. The number of hydrogen-bond acceptors (Lipinski definition) is 4. The summed E-state index contributed by atoms with van der Waals surface area (Å²) >= 11 is 0. The molecule has 1 aromatic rings. The van der Waals surface area contributed by atoms with Crippen LogP contribution in [0.2, 0.25) is 0 Å². The molecule has 1 rings (SSSR count). The molecule has 6 heteroatoms. The first kappa shape index (κ1) is 12.0. The smallest absolute Gasteiger partial charge is 0.298 e. The topological polar surface area (TPSA) is 83.8 Å². The van der Waals surface area contributed by atoms with Crippen molar-refractivity contribution >= 4 is 10.1 Å². The molecule has 5 nitrogen and oxygen atoms in total. The minimum atomic E-state index is -4.29. The van der Waals surface area contributed by atoms with Gasteiger partial charge in [-0.1, -0.05) is 12.1 Å². The highest BCUT2D eigenvalue weighted by Gasteiger charge is 2.18. The van der Waals surface area contributed by atoms with E-state index in [9.17, 15) is 8.42 Å². The highest BCUT2D eigenvalue weighted by Crippen LogP contribution is 2.27. The van der Waals surface area contributed by atoms with Gasteiger partial charge in [-0.2, -0.15) is 8.42 Å². The van der Waals surface area contributed by atoms with Crippen molar-refractivity contribution in [3.05, 3.63) is 23.8 Å². The molecule has 0 saturated carbocycles. The standard InChI is InChI=1S/C9H12O5S/c1-14-9-7(5-6-10)3-2-4-8(9)15(11,12)13/h2-4,10H,5-6H2,1H3,(H,11,12,13). The maximum Gasteiger partial charge on any atom is 0.298 e. The number of benzene rings is 1. The van der Waals surface area contributed by atoms with E-state index in [1.165, 1.54) is 19.2 Å². The number of aliphatic hydroxyl groups is 1. The van der Waals surface area contributed by atoms with Crippen LogP contribution in [0.25, 0.3) is 0 Å². The van der Waals surface area contributed by atoms with Crippen molar-refractivity contribution in [3.63, 3.8) is 0 Å². The van der Waals surface area contributed by atoms with Gasteiger partial charge in [0.25, 0.3) is 10.1 Å². The Hall–Kier alpha value is -1.11. The van der Waals surface area contributed by atoms with Crippen LogP contribution in [0.4, 0.5) is 0 Å². The summed E-state index contributed by atoms with van der Waals surface area (Å²) in [7, 11) is -2.98. The molecule has 0 fully saturated rings. The lowest BCUT2D eigenvalue weighted by Crippen LogP contribution is -2.04. The van der Waals surface area contributed by atoms with Crippen molar-refractivity contribution in [3.8, 4) is 5.75 Å². The van der Waals surface area contributed by atoms with Crippen molar-refractivity contribution in [1.29, 1.82) is 0 Å². The zero-order valence-corrected chi connectivity index (χ0v) is 8.99. The van der Waals surface area contributed by atoms with Gasteiger partial charge in [-0.25, -0.2) is 0 Å². The molecule has 0 amide bonds. The molecule has 84 valence electrons.